The van der Waals surface area contributed by atoms with Crippen LogP contribution in [-0.4, -0.2) is 19.1 Å². The van der Waals surface area contributed by atoms with Gasteiger partial charge in [0.1, 0.15) is 5.82 Å². The molecule has 0 saturated heterocycles. The summed E-state index contributed by atoms with van der Waals surface area (Å²) in [5.74, 6) is 1.58. The molecule has 7 aromatic carbocycles. The molecule has 0 unspecified atom stereocenters. The van der Waals surface area contributed by atoms with Crippen molar-refractivity contribution in [1.82, 2.24) is 19.1 Å². The van der Waals surface area contributed by atoms with E-state index in [1.807, 2.05) is 0 Å². The Kier molecular flexibility index (Phi) is 5.25. The molecule has 10 rings (SSSR count). The van der Waals surface area contributed by atoms with E-state index < -0.39 is 0 Å². The molecule has 0 aliphatic carbocycles. The Labute approximate surface area is 264 Å². The van der Waals surface area contributed by atoms with Crippen LogP contribution in [0.15, 0.2) is 158 Å². The van der Waals surface area contributed by atoms with Gasteiger partial charge in [0.25, 0.3) is 0 Å². The first-order chi connectivity index (χ1) is 22.8. The molecule has 3 aromatic heterocycles. The van der Waals surface area contributed by atoms with Crippen molar-refractivity contribution in [3.05, 3.63) is 158 Å². The maximum absolute atomic E-state index is 5.49. The van der Waals surface area contributed by atoms with Gasteiger partial charge in [0.2, 0.25) is 0 Å². The molecule has 3 heterocycles. The molecular formula is C42H26N4. The number of benzene rings is 7. The quantitative estimate of drug-likeness (QED) is 0.206. The molecule has 46 heavy (non-hydrogen) atoms. The second kappa shape index (κ2) is 9.62. The highest BCUT2D eigenvalue weighted by Crippen LogP contribution is 2.40. The number of rotatable bonds is 3. The normalized spacial score (nSPS) is 11.9. The number of nitrogens with zero attached hydrogens (tertiary/aromatic N) is 4. The van der Waals surface area contributed by atoms with E-state index in [0.717, 1.165) is 50.0 Å². The summed E-state index contributed by atoms with van der Waals surface area (Å²) in [6.07, 6.45) is 0. The molecule has 0 amide bonds. The SMILES string of the molecule is c1ccc(-n2c3ccccc3c3cccc(-c4nc(-n5c6ccccc6c6cc7ccccc7cc65)c5ccccc5n4)c32)cc1. The first-order valence-corrected chi connectivity index (χ1v) is 15.6. The molecule has 0 N–H and O–H groups in total. The van der Waals surface area contributed by atoms with E-state index in [-0.39, 0.29) is 0 Å². The van der Waals surface area contributed by atoms with Crippen LogP contribution in [0.1, 0.15) is 0 Å². The van der Waals surface area contributed by atoms with Gasteiger partial charge < -0.3 is 4.57 Å². The summed E-state index contributed by atoms with van der Waals surface area (Å²) in [5.41, 5.74) is 7.53. The first kappa shape index (κ1) is 25.1. The Morgan fingerprint density at radius 2 is 1.00 bits per heavy atom. The Hall–Kier alpha value is -6.26. The topological polar surface area (TPSA) is 35.6 Å². The molecule has 0 bridgehead atoms. The van der Waals surface area contributed by atoms with Gasteiger partial charge in [-0.3, -0.25) is 4.57 Å². The highest BCUT2D eigenvalue weighted by Gasteiger charge is 2.21. The Bertz CT molecular complexity index is 2810. The summed E-state index contributed by atoms with van der Waals surface area (Å²) in [6, 6.07) is 55.9. The second-order valence-electron chi connectivity index (χ2n) is 11.8. The second-order valence-corrected chi connectivity index (χ2v) is 11.8. The van der Waals surface area contributed by atoms with Gasteiger partial charge in [-0.15, -0.1) is 0 Å². The van der Waals surface area contributed by atoms with Crippen molar-refractivity contribution in [2.45, 2.75) is 0 Å². The minimum Gasteiger partial charge on any atom is -0.309 e. The van der Waals surface area contributed by atoms with Gasteiger partial charge in [-0.1, -0.05) is 103 Å². The van der Waals surface area contributed by atoms with Crippen molar-refractivity contribution < 1.29 is 0 Å². The van der Waals surface area contributed by atoms with Crippen molar-refractivity contribution in [2.75, 3.05) is 0 Å². The highest BCUT2D eigenvalue weighted by atomic mass is 15.1. The number of para-hydroxylation sites is 5. The van der Waals surface area contributed by atoms with Crippen molar-refractivity contribution >= 4 is 65.3 Å². The highest BCUT2D eigenvalue weighted by molar-refractivity contribution is 6.15. The molecule has 10 aromatic rings. The summed E-state index contributed by atoms with van der Waals surface area (Å²) in [5, 5.41) is 8.25. The van der Waals surface area contributed by atoms with Crippen LogP contribution in [0.5, 0.6) is 0 Å². The molecule has 0 fully saturated rings. The van der Waals surface area contributed by atoms with Gasteiger partial charge in [-0.25, -0.2) is 9.97 Å². The predicted octanol–water partition coefficient (Wildman–Crippen LogP) is 10.6. The van der Waals surface area contributed by atoms with Crippen molar-refractivity contribution in [3.63, 3.8) is 0 Å². The van der Waals surface area contributed by atoms with Gasteiger partial charge in [-0.2, -0.15) is 0 Å². The molecular weight excluding hydrogens is 560 g/mol. The van der Waals surface area contributed by atoms with Crippen LogP contribution in [0, 0.1) is 0 Å². The Morgan fingerprint density at radius 3 is 1.80 bits per heavy atom. The third-order valence-corrected chi connectivity index (χ3v) is 9.29. The van der Waals surface area contributed by atoms with Crippen molar-refractivity contribution in [3.8, 4) is 22.9 Å². The molecule has 4 nitrogen and oxygen atoms in total. The molecule has 4 heteroatoms. The number of fused-ring (bicyclic) bond motifs is 8. The van der Waals surface area contributed by atoms with E-state index in [4.69, 9.17) is 9.97 Å². The lowest BCUT2D eigenvalue weighted by atomic mass is 10.1. The van der Waals surface area contributed by atoms with Crippen LogP contribution in [0.3, 0.4) is 0 Å². The van der Waals surface area contributed by atoms with Gasteiger partial charge in [0.15, 0.2) is 5.82 Å². The summed E-state index contributed by atoms with van der Waals surface area (Å²) in [4.78, 5) is 10.7. The predicted molar refractivity (Wildman–Crippen MR) is 191 cm³/mol. The minimum atomic E-state index is 0.700. The third-order valence-electron chi connectivity index (χ3n) is 9.29. The number of aromatic nitrogens is 4. The van der Waals surface area contributed by atoms with E-state index in [0.29, 0.717) is 5.82 Å². The standard InChI is InChI=1S/C42H26N4/c1-2-15-29(16-3-1)45-37-23-10-7-17-30(37)32-20-12-21-34(40(32)45)41-43-36-22-9-6-19-33(36)42(44-41)46-38-24-11-8-18-31(38)35-25-27-13-4-5-14-28(27)26-39(35)46/h1-26H. The maximum atomic E-state index is 5.49. The van der Waals surface area contributed by atoms with Gasteiger partial charge in [-0.05, 0) is 65.4 Å². The van der Waals surface area contributed by atoms with Crippen LogP contribution >= 0.6 is 0 Å². The van der Waals surface area contributed by atoms with E-state index in [1.165, 1.54) is 32.3 Å². The Balaban J connectivity index is 1.35. The molecule has 0 aliphatic rings. The fourth-order valence-corrected chi connectivity index (χ4v) is 7.28. The van der Waals surface area contributed by atoms with Crippen LogP contribution in [0.4, 0.5) is 0 Å². The van der Waals surface area contributed by atoms with Crippen molar-refractivity contribution in [2.24, 2.45) is 0 Å². The lowest BCUT2D eigenvalue weighted by molar-refractivity contribution is 1.07. The van der Waals surface area contributed by atoms with Gasteiger partial charge in [0.05, 0.1) is 27.6 Å². The van der Waals surface area contributed by atoms with Crippen LogP contribution in [0.25, 0.3) is 88.2 Å². The lowest BCUT2D eigenvalue weighted by Gasteiger charge is -2.14. The molecule has 0 atom stereocenters. The smallest absolute Gasteiger partial charge is 0.164 e. The van der Waals surface area contributed by atoms with E-state index in [9.17, 15) is 0 Å². The number of hydrogen-bond acceptors (Lipinski definition) is 2. The average Bonchev–Trinajstić information content (AvgIpc) is 3.63. The van der Waals surface area contributed by atoms with Crippen LogP contribution in [-0.2, 0) is 0 Å². The summed E-state index contributed by atoms with van der Waals surface area (Å²) in [6.45, 7) is 0. The monoisotopic (exact) mass is 586 g/mol. The van der Waals surface area contributed by atoms with Crippen LogP contribution in [0.2, 0.25) is 0 Å². The first-order valence-electron chi connectivity index (χ1n) is 15.6. The van der Waals surface area contributed by atoms with Crippen molar-refractivity contribution in [1.29, 1.82) is 0 Å². The zero-order chi connectivity index (χ0) is 30.2. The summed E-state index contributed by atoms with van der Waals surface area (Å²) < 4.78 is 4.68. The van der Waals surface area contributed by atoms with Gasteiger partial charge in [0, 0.05) is 38.2 Å². The average molecular weight is 587 g/mol. The Morgan fingerprint density at radius 1 is 0.391 bits per heavy atom. The summed E-state index contributed by atoms with van der Waals surface area (Å²) >= 11 is 0. The fraction of sp³-hybridized carbons (Fsp3) is 0. The summed E-state index contributed by atoms with van der Waals surface area (Å²) in [7, 11) is 0. The van der Waals surface area contributed by atoms with E-state index >= 15 is 0 Å². The lowest BCUT2D eigenvalue weighted by Crippen LogP contribution is -2.03. The molecule has 0 aliphatic heterocycles. The molecule has 0 spiro atoms. The zero-order valence-corrected chi connectivity index (χ0v) is 24.8. The molecule has 214 valence electrons. The van der Waals surface area contributed by atoms with Gasteiger partial charge >= 0.3 is 0 Å². The molecule has 0 saturated carbocycles. The molecule has 0 radical (unpaired) electrons. The maximum Gasteiger partial charge on any atom is 0.164 e. The zero-order valence-electron chi connectivity index (χ0n) is 24.8. The van der Waals surface area contributed by atoms with Crippen LogP contribution < -0.4 is 0 Å². The largest absolute Gasteiger partial charge is 0.309 e. The van der Waals surface area contributed by atoms with E-state index in [2.05, 4.69) is 167 Å². The minimum absolute atomic E-state index is 0.700. The fourth-order valence-electron chi connectivity index (χ4n) is 7.28. The number of hydrogen-bond donors (Lipinski definition) is 0. The van der Waals surface area contributed by atoms with E-state index in [1.54, 1.807) is 0 Å². The third kappa shape index (κ3) is 3.55.